The van der Waals surface area contributed by atoms with Gasteiger partial charge in [-0.1, -0.05) is 13.8 Å². The van der Waals surface area contributed by atoms with Gasteiger partial charge in [0.1, 0.15) is 6.29 Å². The third-order valence-corrected chi connectivity index (χ3v) is 3.35. The summed E-state index contributed by atoms with van der Waals surface area (Å²) in [6, 6.07) is 0. The molecule has 2 aromatic rings. The number of aryl methyl sites for hydroxylation is 1. The van der Waals surface area contributed by atoms with Crippen LogP contribution in [0.15, 0.2) is 17.2 Å². The molecule has 0 N–H and O–H groups in total. The zero-order valence-electron chi connectivity index (χ0n) is 9.60. The zero-order valence-corrected chi connectivity index (χ0v) is 10.4. The minimum Gasteiger partial charge on any atom is -0.298 e. The molecule has 0 aliphatic carbocycles. The van der Waals surface area contributed by atoms with Crippen LogP contribution in [-0.4, -0.2) is 15.7 Å². The predicted molar refractivity (Wildman–Crippen MR) is 66.7 cm³/mol. The Labute approximate surface area is 98.4 Å². The third kappa shape index (κ3) is 1.80. The predicted octanol–water partition coefficient (Wildman–Crippen LogP) is 2.94. The van der Waals surface area contributed by atoms with Crippen molar-refractivity contribution in [2.75, 3.05) is 0 Å². The maximum Gasteiger partial charge on any atom is 0.194 e. The molecular weight excluding hydrogens is 220 g/mol. The molecule has 16 heavy (non-hydrogen) atoms. The van der Waals surface area contributed by atoms with Crippen molar-refractivity contribution in [1.29, 1.82) is 0 Å². The third-order valence-electron chi connectivity index (χ3n) is 2.59. The summed E-state index contributed by atoms with van der Waals surface area (Å²) in [6.07, 6.45) is 4.84. The summed E-state index contributed by atoms with van der Waals surface area (Å²) in [6.45, 7) is 6.00. The summed E-state index contributed by atoms with van der Waals surface area (Å²) in [7, 11) is 0. The van der Waals surface area contributed by atoms with E-state index in [1.54, 1.807) is 11.3 Å². The lowest BCUT2D eigenvalue weighted by atomic mass is 10.0. The van der Waals surface area contributed by atoms with E-state index < -0.39 is 0 Å². The summed E-state index contributed by atoms with van der Waals surface area (Å²) in [5.74, 6) is 0.237. The van der Waals surface area contributed by atoms with Crippen LogP contribution in [0.5, 0.6) is 0 Å². The van der Waals surface area contributed by atoms with E-state index >= 15 is 0 Å². The second kappa shape index (κ2) is 4.22. The normalized spacial score (nSPS) is 12.6. The van der Waals surface area contributed by atoms with Crippen LogP contribution >= 0.6 is 11.3 Å². The smallest absolute Gasteiger partial charge is 0.194 e. The van der Waals surface area contributed by atoms with Gasteiger partial charge in [-0.05, 0) is 24.5 Å². The molecule has 0 saturated carbocycles. The number of aromatic nitrogens is 2. The van der Waals surface area contributed by atoms with Crippen molar-refractivity contribution in [3.8, 4) is 0 Å². The molecule has 3 nitrogen and oxygen atoms in total. The van der Waals surface area contributed by atoms with Gasteiger partial charge in [-0.15, -0.1) is 11.3 Å². The van der Waals surface area contributed by atoms with Crippen LogP contribution in [0.3, 0.4) is 0 Å². The Morgan fingerprint density at radius 2 is 2.31 bits per heavy atom. The van der Waals surface area contributed by atoms with Gasteiger partial charge >= 0.3 is 0 Å². The maximum atomic E-state index is 11.0. The molecule has 2 aromatic heterocycles. The van der Waals surface area contributed by atoms with Gasteiger partial charge < -0.3 is 0 Å². The Hall–Kier alpha value is -1.42. The van der Waals surface area contributed by atoms with Crippen molar-refractivity contribution in [3.05, 3.63) is 28.5 Å². The van der Waals surface area contributed by atoms with Crippen LogP contribution in [0.1, 0.15) is 25.2 Å². The highest BCUT2D eigenvalue weighted by Crippen LogP contribution is 2.20. The number of allylic oxidation sites excluding steroid dienone is 1. The highest BCUT2D eigenvalue weighted by atomic mass is 32.1. The summed E-state index contributed by atoms with van der Waals surface area (Å²) < 4.78 is 2.02. The number of carbonyl (C=O) groups excluding carboxylic acids is 1. The van der Waals surface area contributed by atoms with Crippen LogP contribution in [-0.2, 0) is 4.79 Å². The molecule has 0 fully saturated rings. The van der Waals surface area contributed by atoms with Gasteiger partial charge in [0.25, 0.3) is 0 Å². The molecule has 2 heterocycles. The number of rotatable bonds is 3. The topological polar surface area (TPSA) is 34.4 Å². The zero-order chi connectivity index (χ0) is 11.7. The molecule has 0 spiro atoms. The average Bonchev–Trinajstić information content (AvgIpc) is 2.75. The summed E-state index contributed by atoms with van der Waals surface area (Å²) in [4.78, 5) is 16.4. The molecule has 0 atom stereocenters. The number of nitrogens with zero attached hydrogens (tertiary/aromatic N) is 2. The first kappa shape index (κ1) is 11.1. The molecule has 0 unspecified atom stereocenters. The fourth-order valence-corrected chi connectivity index (χ4v) is 2.35. The van der Waals surface area contributed by atoms with E-state index in [2.05, 4.69) is 4.98 Å². The lowest BCUT2D eigenvalue weighted by Crippen LogP contribution is -1.96. The standard InChI is InChI=1S/C12H14N2OS/c1-8(2)10(7-15)6-11-9(3)13-12-14(11)4-5-16-12/h4-8H,1-3H3. The molecule has 4 heteroatoms. The fraction of sp³-hybridized carbons (Fsp3) is 0.333. The van der Waals surface area contributed by atoms with Gasteiger partial charge in [0, 0.05) is 11.6 Å². The Bertz CT molecular complexity index is 548. The molecule has 0 saturated heterocycles. The molecule has 0 aliphatic heterocycles. The van der Waals surface area contributed by atoms with Gasteiger partial charge in [0.2, 0.25) is 0 Å². The molecule has 2 rings (SSSR count). The Balaban J connectivity index is 2.57. The lowest BCUT2D eigenvalue weighted by Gasteiger charge is -2.03. The second-order valence-electron chi connectivity index (χ2n) is 4.05. The van der Waals surface area contributed by atoms with Crippen LogP contribution in [0.25, 0.3) is 11.0 Å². The van der Waals surface area contributed by atoms with Crippen molar-refractivity contribution in [2.45, 2.75) is 20.8 Å². The van der Waals surface area contributed by atoms with Gasteiger partial charge in [-0.2, -0.15) is 0 Å². The van der Waals surface area contributed by atoms with Crippen LogP contribution < -0.4 is 0 Å². The molecule has 84 valence electrons. The van der Waals surface area contributed by atoms with E-state index in [0.717, 1.165) is 28.2 Å². The summed E-state index contributed by atoms with van der Waals surface area (Å²) >= 11 is 1.60. The van der Waals surface area contributed by atoms with Crippen molar-refractivity contribution < 1.29 is 4.79 Å². The molecule has 0 bridgehead atoms. The van der Waals surface area contributed by atoms with E-state index in [9.17, 15) is 4.79 Å². The summed E-state index contributed by atoms with van der Waals surface area (Å²) in [5, 5.41) is 2.00. The first-order chi connectivity index (χ1) is 7.63. The Morgan fingerprint density at radius 1 is 1.56 bits per heavy atom. The van der Waals surface area contributed by atoms with Crippen molar-refractivity contribution in [3.63, 3.8) is 0 Å². The number of aldehydes is 1. The highest BCUT2D eigenvalue weighted by Gasteiger charge is 2.09. The van der Waals surface area contributed by atoms with Crippen LogP contribution in [0, 0.1) is 12.8 Å². The first-order valence-corrected chi connectivity index (χ1v) is 6.10. The van der Waals surface area contributed by atoms with Crippen LogP contribution in [0.4, 0.5) is 0 Å². The minimum atomic E-state index is 0.237. The maximum absolute atomic E-state index is 11.0. The molecule has 0 amide bonds. The van der Waals surface area contributed by atoms with E-state index in [1.165, 1.54) is 0 Å². The summed E-state index contributed by atoms with van der Waals surface area (Å²) in [5.41, 5.74) is 2.77. The molecular formula is C12H14N2OS. The van der Waals surface area contributed by atoms with Gasteiger partial charge in [0.05, 0.1) is 11.4 Å². The van der Waals surface area contributed by atoms with Crippen LogP contribution in [0.2, 0.25) is 0 Å². The number of hydrogen-bond donors (Lipinski definition) is 0. The van der Waals surface area contributed by atoms with E-state index in [4.69, 9.17) is 0 Å². The van der Waals surface area contributed by atoms with Crippen molar-refractivity contribution in [2.24, 2.45) is 5.92 Å². The van der Waals surface area contributed by atoms with Gasteiger partial charge in [-0.3, -0.25) is 9.20 Å². The largest absolute Gasteiger partial charge is 0.298 e. The Kier molecular flexibility index (Phi) is 2.92. The molecule has 0 aromatic carbocycles. The van der Waals surface area contributed by atoms with E-state index in [-0.39, 0.29) is 5.92 Å². The quantitative estimate of drug-likeness (QED) is 0.604. The number of imidazole rings is 1. The number of thiazole rings is 1. The minimum absolute atomic E-state index is 0.237. The highest BCUT2D eigenvalue weighted by molar-refractivity contribution is 7.15. The average molecular weight is 234 g/mol. The molecule has 0 aliphatic rings. The molecule has 0 radical (unpaired) electrons. The lowest BCUT2D eigenvalue weighted by molar-refractivity contribution is -0.105. The van der Waals surface area contributed by atoms with Crippen molar-refractivity contribution in [1.82, 2.24) is 9.38 Å². The first-order valence-electron chi connectivity index (χ1n) is 5.22. The monoisotopic (exact) mass is 234 g/mol. The number of carbonyl (C=O) groups is 1. The van der Waals surface area contributed by atoms with Gasteiger partial charge in [-0.25, -0.2) is 4.98 Å². The van der Waals surface area contributed by atoms with Crippen molar-refractivity contribution >= 4 is 28.7 Å². The van der Waals surface area contributed by atoms with E-state index in [0.29, 0.717) is 0 Å². The SMILES string of the molecule is Cc1nc2sccn2c1C=C(C=O)C(C)C. The van der Waals surface area contributed by atoms with E-state index in [1.807, 2.05) is 42.8 Å². The fourth-order valence-electron chi connectivity index (χ4n) is 1.58. The number of fused-ring (bicyclic) bond motifs is 1. The second-order valence-corrected chi connectivity index (χ2v) is 4.93. The van der Waals surface area contributed by atoms with Gasteiger partial charge in [0.15, 0.2) is 4.96 Å². The number of hydrogen-bond acceptors (Lipinski definition) is 3. The Morgan fingerprint density at radius 3 is 2.94 bits per heavy atom.